The van der Waals surface area contributed by atoms with Gasteiger partial charge in [0.15, 0.2) is 0 Å². The van der Waals surface area contributed by atoms with Gasteiger partial charge < -0.3 is 9.30 Å². The van der Waals surface area contributed by atoms with Crippen molar-refractivity contribution in [1.29, 1.82) is 0 Å². The second-order valence-electron chi connectivity index (χ2n) is 8.04. The van der Waals surface area contributed by atoms with E-state index in [1.54, 1.807) is 0 Å². The number of aromatic nitrogens is 2. The Bertz CT molecular complexity index is 702. The molecule has 3 heterocycles. The van der Waals surface area contributed by atoms with E-state index in [-0.39, 0.29) is 0 Å². The Balaban J connectivity index is 1.27. The van der Waals surface area contributed by atoms with Gasteiger partial charge in [0.05, 0.1) is 12.9 Å². The van der Waals surface area contributed by atoms with E-state index in [0.29, 0.717) is 0 Å². The van der Waals surface area contributed by atoms with Crippen molar-refractivity contribution < 1.29 is 4.74 Å². The first-order valence-corrected chi connectivity index (χ1v) is 10.4. The average molecular weight is 369 g/mol. The van der Waals surface area contributed by atoms with Gasteiger partial charge in [0.2, 0.25) is 0 Å². The fourth-order valence-corrected chi connectivity index (χ4v) is 4.54. The molecule has 2 aliphatic heterocycles. The number of hydrogen-bond acceptors (Lipinski definition) is 4. The summed E-state index contributed by atoms with van der Waals surface area (Å²) >= 11 is 0. The summed E-state index contributed by atoms with van der Waals surface area (Å²) in [5, 5.41) is 0. The lowest BCUT2D eigenvalue weighted by atomic mass is 10.1. The van der Waals surface area contributed by atoms with E-state index < -0.39 is 0 Å². The predicted molar refractivity (Wildman–Crippen MR) is 108 cm³/mol. The van der Waals surface area contributed by atoms with Crippen molar-refractivity contribution in [3.05, 3.63) is 48.5 Å². The Kier molecular flexibility index (Phi) is 6.10. The Labute approximate surface area is 162 Å². The molecule has 2 bridgehead atoms. The number of likely N-dealkylation sites (tertiary alicyclic amines) is 1. The molecule has 1 aromatic carbocycles. The van der Waals surface area contributed by atoms with Crippen LogP contribution in [0.3, 0.4) is 0 Å². The average Bonchev–Trinajstić information content (AvgIpc) is 3.26. The maximum Gasteiger partial charge on any atom is 0.123 e. The third kappa shape index (κ3) is 4.71. The number of hydrogen-bond donors (Lipinski definition) is 0. The van der Waals surface area contributed by atoms with Gasteiger partial charge in [0.25, 0.3) is 0 Å². The molecule has 146 valence electrons. The number of fused-ring (bicyclic) bond motifs is 2. The molecule has 2 saturated heterocycles. The first kappa shape index (κ1) is 18.5. The van der Waals surface area contributed by atoms with Crippen molar-refractivity contribution in [1.82, 2.24) is 19.4 Å². The van der Waals surface area contributed by atoms with Crippen molar-refractivity contribution >= 4 is 0 Å². The highest BCUT2D eigenvalue weighted by atomic mass is 16.5. The second kappa shape index (κ2) is 8.89. The Hall–Kier alpha value is -1.85. The molecular formula is C22H32N4O. The third-order valence-electron chi connectivity index (χ3n) is 6.23. The normalized spacial score (nSPS) is 23.4. The topological polar surface area (TPSA) is 33.5 Å². The summed E-state index contributed by atoms with van der Waals surface area (Å²) in [7, 11) is 2.31. The van der Waals surface area contributed by atoms with E-state index in [1.165, 1.54) is 37.9 Å². The van der Waals surface area contributed by atoms with Crippen LogP contribution in [-0.4, -0.2) is 58.2 Å². The molecule has 5 nitrogen and oxygen atoms in total. The number of unbranched alkanes of at least 4 members (excludes halogenated alkanes) is 1. The first-order valence-electron chi connectivity index (χ1n) is 10.4. The number of aryl methyl sites for hydroxylation is 1. The van der Waals surface area contributed by atoms with Gasteiger partial charge in [-0.25, -0.2) is 4.98 Å². The van der Waals surface area contributed by atoms with E-state index in [0.717, 1.165) is 50.4 Å². The van der Waals surface area contributed by atoms with Gasteiger partial charge in [-0.05, 0) is 45.2 Å². The number of rotatable bonds is 8. The summed E-state index contributed by atoms with van der Waals surface area (Å²) in [5.74, 6) is 1.06. The molecule has 2 aliphatic rings. The van der Waals surface area contributed by atoms with Crippen LogP contribution in [0.5, 0.6) is 5.75 Å². The Morgan fingerprint density at radius 2 is 2.00 bits per heavy atom. The molecule has 0 aliphatic carbocycles. The number of imidazole rings is 1. The summed E-state index contributed by atoms with van der Waals surface area (Å²) < 4.78 is 8.27. The summed E-state index contributed by atoms with van der Waals surface area (Å²) in [5.41, 5.74) is 1.33. The maximum absolute atomic E-state index is 6.15. The smallest absolute Gasteiger partial charge is 0.123 e. The number of ether oxygens (including phenoxy) is 1. The van der Waals surface area contributed by atoms with E-state index in [2.05, 4.69) is 50.7 Å². The van der Waals surface area contributed by atoms with E-state index in [1.807, 2.05) is 18.7 Å². The Morgan fingerprint density at radius 1 is 1.11 bits per heavy atom. The molecule has 0 unspecified atom stereocenters. The molecule has 0 saturated carbocycles. The SMILES string of the molecule is CN1[C@@H]2CC[C@H]1CN(Cc1ccccc1OCCCCn1ccnc1)CC2. The highest BCUT2D eigenvalue weighted by Gasteiger charge is 2.34. The van der Waals surface area contributed by atoms with Crippen LogP contribution < -0.4 is 4.74 Å². The number of benzene rings is 1. The summed E-state index contributed by atoms with van der Waals surface area (Å²) in [6.07, 6.45) is 11.9. The molecule has 2 aromatic rings. The summed E-state index contributed by atoms with van der Waals surface area (Å²) in [4.78, 5) is 9.33. The third-order valence-corrected chi connectivity index (χ3v) is 6.23. The molecule has 0 N–H and O–H groups in total. The molecule has 0 amide bonds. The van der Waals surface area contributed by atoms with Gasteiger partial charge in [-0.2, -0.15) is 0 Å². The number of nitrogens with zero attached hydrogens (tertiary/aromatic N) is 4. The predicted octanol–water partition coefficient (Wildman–Crippen LogP) is 3.41. The van der Waals surface area contributed by atoms with Crippen LogP contribution in [0.4, 0.5) is 0 Å². The fourth-order valence-electron chi connectivity index (χ4n) is 4.54. The van der Waals surface area contributed by atoms with Gasteiger partial charge in [-0.15, -0.1) is 0 Å². The van der Waals surface area contributed by atoms with Gasteiger partial charge >= 0.3 is 0 Å². The van der Waals surface area contributed by atoms with Gasteiger partial charge in [-0.1, -0.05) is 18.2 Å². The van der Waals surface area contributed by atoms with E-state index in [4.69, 9.17) is 4.74 Å². The quantitative estimate of drug-likeness (QED) is 0.669. The number of para-hydroxylation sites is 1. The van der Waals surface area contributed by atoms with Crippen molar-refractivity contribution in [3.63, 3.8) is 0 Å². The molecule has 2 atom stereocenters. The lowest BCUT2D eigenvalue weighted by Crippen LogP contribution is -2.36. The highest BCUT2D eigenvalue weighted by Crippen LogP contribution is 2.30. The van der Waals surface area contributed by atoms with E-state index >= 15 is 0 Å². The molecule has 2 fully saturated rings. The summed E-state index contributed by atoms with van der Waals surface area (Å²) in [6, 6.07) is 10.1. The van der Waals surface area contributed by atoms with Crippen LogP contribution in [0.2, 0.25) is 0 Å². The van der Waals surface area contributed by atoms with Gasteiger partial charge in [0, 0.05) is 56.2 Å². The molecule has 27 heavy (non-hydrogen) atoms. The van der Waals surface area contributed by atoms with E-state index in [9.17, 15) is 0 Å². The standard InChI is InChI=1S/C22H32N4O/c1-24-20-8-9-21(24)17-26(13-10-20)16-19-6-2-3-7-22(19)27-15-5-4-12-25-14-11-23-18-25/h2-3,6-7,11,14,18,20-21H,4-5,8-10,12-13,15-17H2,1H3/t20-,21+/m1/s1. The minimum absolute atomic E-state index is 0.730. The minimum atomic E-state index is 0.730. The molecule has 4 rings (SSSR count). The maximum atomic E-state index is 6.15. The molecule has 1 aromatic heterocycles. The lowest BCUT2D eigenvalue weighted by Gasteiger charge is -2.26. The van der Waals surface area contributed by atoms with Crippen LogP contribution in [0.1, 0.15) is 37.7 Å². The molecule has 0 spiro atoms. The first-order chi connectivity index (χ1) is 13.3. The minimum Gasteiger partial charge on any atom is -0.493 e. The summed E-state index contributed by atoms with van der Waals surface area (Å²) in [6.45, 7) is 5.17. The molecule has 0 radical (unpaired) electrons. The fraction of sp³-hybridized carbons (Fsp3) is 0.591. The van der Waals surface area contributed by atoms with Crippen molar-refractivity contribution in [2.45, 2.75) is 57.3 Å². The molecular weight excluding hydrogens is 336 g/mol. The van der Waals surface area contributed by atoms with Crippen LogP contribution in [0, 0.1) is 0 Å². The van der Waals surface area contributed by atoms with Gasteiger partial charge in [0.1, 0.15) is 5.75 Å². The monoisotopic (exact) mass is 368 g/mol. The van der Waals surface area contributed by atoms with Crippen molar-refractivity contribution in [2.75, 3.05) is 26.7 Å². The Morgan fingerprint density at radius 3 is 2.89 bits per heavy atom. The van der Waals surface area contributed by atoms with Crippen LogP contribution in [-0.2, 0) is 13.1 Å². The zero-order chi connectivity index (χ0) is 18.5. The zero-order valence-electron chi connectivity index (χ0n) is 16.5. The van der Waals surface area contributed by atoms with Crippen LogP contribution in [0.25, 0.3) is 0 Å². The highest BCUT2D eigenvalue weighted by molar-refractivity contribution is 5.33. The molecule has 5 heteroatoms. The zero-order valence-corrected chi connectivity index (χ0v) is 16.5. The van der Waals surface area contributed by atoms with Crippen molar-refractivity contribution in [3.8, 4) is 5.75 Å². The number of likely N-dealkylation sites (N-methyl/N-ethyl adjacent to an activating group) is 1. The van der Waals surface area contributed by atoms with Crippen LogP contribution >= 0.6 is 0 Å². The van der Waals surface area contributed by atoms with Crippen LogP contribution in [0.15, 0.2) is 43.0 Å². The second-order valence-corrected chi connectivity index (χ2v) is 8.04. The van der Waals surface area contributed by atoms with Crippen molar-refractivity contribution in [2.24, 2.45) is 0 Å². The largest absolute Gasteiger partial charge is 0.493 e. The lowest BCUT2D eigenvalue weighted by molar-refractivity contribution is 0.211. The van der Waals surface area contributed by atoms with Gasteiger partial charge in [-0.3, -0.25) is 9.80 Å².